The predicted molar refractivity (Wildman–Crippen MR) is 196 cm³/mol. The number of unbranched alkanes of at least 4 members (excludes halogenated alkanes) is 7. The minimum atomic E-state index is -4.39. The Morgan fingerprint density at radius 3 is 1.85 bits per heavy atom. The highest BCUT2D eigenvalue weighted by atomic mass is 31.2. The summed E-state index contributed by atoms with van der Waals surface area (Å²) in [5.41, 5.74) is 0. The molecule has 0 saturated heterocycles. The number of hydrogen-bond donors (Lipinski definition) is 1. The van der Waals surface area contributed by atoms with Gasteiger partial charge in [0, 0.05) is 12.8 Å². The van der Waals surface area contributed by atoms with E-state index in [1.807, 2.05) is 39.4 Å². The molecule has 0 aromatic heterocycles. The van der Waals surface area contributed by atoms with E-state index >= 15 is 0 Å². The summed E-state index contributed by atoms with van der Waals surface area (Å²) in [6.07, 6.45) is 34.5. The Balaban J connectivity index is 4.65. The first-order valence-corrected chi connectivity index (χ1v) is 19.5. The van der Waals surface area contributed by atoms with Crippen molar-refractivity contribution in [3.8, 4) is 0 Å². The van der Waals surface area contributed by atoms with Gasteiger partial charge in [0.1, 0.15) is 19.8 Å². The minimum absolute atomic E-state index is 0.0122. The molecular formula is C38H67NO8P+. The molecule has 0 saturated carbocycles. The number of phosphoric acid groups is 1. The third-order valence-electron chi connectivity index (χ3n) is 7.05. The highest BCUT2D eigenvalue weighted by Crippen LogP contribution is 2.43. The summed E-state index contributed by atoms with van der Waals surface area (Å²) in [5.74, 6) is -0.951. The predicted octanol–water partition coefficient (Wildman–Crippen LogP) is 9.34. The average molecular weight is 697 g/mol. The fraction of sp³-hybridized carbons (Fsp3) is 0.684. The number of esters is 2. The molecule has 2 atom stereocenters. The van der Waals surface area contributed by atoms with Gasteiger partial charge in [-0.25, -0.2) is 4.57 Å². The van der Waals surface area contributed by atoms with Crippen molar-refractivity contribution in [1.82, 2.24) is 0 Å². The van der Waals surface area contributed by atoms with Gasteiger partial charge in [0.05, 0.1) is 27.7 Å². The zero-order valence-electron chi connectivity index (χ0n) is 30.7. The molecule has 0 bridgehead atoms. The highest BCUT2D eigenvalue weighted by Gasteiger charge is 2.27. The highest BCUT2D eigenvalue weighted by molar-refractivity contribution is 7.47. The van der Waals surface area contributed by atoms with Crippen molar-refractivity contribution in [3.05, 3.63) is 60.8 Å². The zero-order chi connectivity index (χ0) is 35.8. The third-order valence-corrected chi connectivity index (χ3v) is 8.03. The van der Waals surface area contributed by atoms with Crippen LogP contribution in [-0.4, -0.2) is 74.9 Å². The summed E-state index contributed by atoms with van der Waals surface area (Å²) in [5, 5.41) is 0. The number of rotatable bonds is 31. The van der Waals surface area contributed by atoms with Crippen molar-refractivity contribution in [2.24, 2.45) is 0 Å². The van der Waals surface area contributed by atoms with Crippen LogP contribution < -0.4 is 0 Å². The summed E-state index contributed by atoms with van der Waals surface area (Å²) in [7, 11) is 1.41. The van der Waals surface area contributed by atoms with Crippen LogP contribution >= 0.6 is 7.82 Å². The van der Waals surface area contributed by atoms with E-state index in [1.54, 1.807) is 0 Å². The summed E-state index contributed by atoms with van der Waals surface area (Å²) in [4.78, 5) is 35.0. The van der Waals surface area contributed by atoms with Gasteiger partial charge in [0.25, 0.3) is 0 Å². The largest absolute Gasteiger partial charge is 0.472 e. The minimum Gasteiger partial charge on any atom is -0.462 e. The lowest BCUT2D eigenvalue weighted by Gasteiger charge is -2.24. The fourth-order valence-electron chi connectivity index (χ4n) is 4.20. The van der Waals surface area contributed by atoms with Crippen LogP contribution in [0.4, 0.5) is 0 Å². The van der Waals surface area contributed by atoms with Crippen molar-refractivity contribution < 1.29 is 42.1 Å². The van der Waals surface area contributed by atoms with Crippen LogP contribution in [0.15, 0.2) is 60.8 Å². The summed E-state index contributed by atoms with van der Waals surface area (Å²) >= 11 is 0. The van der Waals surface area contributed by atoms with Gasteiger partial charge in [0.2, 0.25) is 0 Å². The molecule has 2 unspecified atom stereocenters. The number of carbonyl (C=O) groups is 2. The SMILES string of the molecule is CC/C=C/C/C=C/C/C=C/CCCC(=O)OCC(COP(=O)(O)OCC[N+](C)(C)C)OC(=O)CC/C=C/C/C=C/CCCCCCCC. The van der Waals surface area contributed by atoms with Gasteiger partial charge in [-0.1, -0.05) is 107 Å². The van der Waals surface area contributed by atoms with Gasteiger partial charge in [-0.2, -0.15) is 0 Å². The van der Waals surface area contributed by atoms with E-state index in [1.165, 1.54) is 38.5 Å². The molecule has 0 aliphatic carbocycles. The lowest BCUT2D eigenvalue weighted by atomic mass is 10.1. The average Bonchev–Trinajstić information content (AvgIpc) is 3.02. The van der Waals surface area contributed by atoms with Gasteiger partial charge in [0.15, 0.2) is 6.10 Å². The maximum absolute atomic E-state index is 12.5. The van der Waals surface area contributed by atoms with Crippen LogP contribution in [0.3, 0.4) is 0 Å². The molecule has 48 heavy (non-hydrogen) atoms. The van der Waals surface area contributed by atoms with Crippen molar-refractivity contribution in [2.45, 2.75) is 123 Å². The van der Waals surface area contributed by atoms with E-state index in [4.69, 9.17) is 18.5 Å². The molecule has 276 valence electrons. The third kappa shape index (κ3) is 33.6. The number of quaternary nitrogens is 1. The van der Waals surface area contributed by atoms with Crippen molar-refractivity contribution in [2.75, 3.05) is 47.5 Å². The van der Waals surface area contributed by atoms with E-state index in [-0.39, 0.29) is 26.1 Å². The molecule has 0 radical (unpaired) electrons. The summed E-state index contributed by atoms with van der Waals surface area (Å²) in [6.45, 7) is 4.12. The van der Waals surface area contributed by atoms with Crippen LogP contribution in [0, 0.1) is 0 Å². The standard InChI is InChI=1S/C38H66NO8P/c1-6-8-10-12-14-16-18-19-21-23-25-27-29-31-38(41)47-36(35-46-48(42,43)45-33-32-39(3,4)5)34-44-37(40)30-28-26-24-22-20-17-15-13-11-9-7-2/h9,11,15,17,19,21-22,24-25,27,36H,6-8,10,12-14,16,18,20,23,26,28-35H2,1-5H3/p+1/b11-9+,17-15+,21-19+,24-22+,27-25+. The molecule has 0 aromatic rings. The second-order valence-electron chi connectivity index (χ2n) is 12.9. The monoisotopic (exact) mass is 696 g/mol. The molecule has 10 heteroatoms. The Kier molecular flexibility index (Phi) is 29.3. The lowest BCUT2D eigenvalue weighted by molar-refractivity contribution is -0.870. The first-order valence-electron chi connectivity index (χ1n) is 18.0. The fourth-order valence-corrected chi connectivity index (χ4v) is 4.95. The number of likely N-dealkylation sites (N-methyl/N-ethyl adjacent to an activating group) is 1. The van der Waals surface area contributed by atoms with Crippen molar-refractivity contribution in [1.29, 1.82) is 0 Å². The molecule has 0 rings (SSSR count). The molecule has 0 aliphatic rings. The van der Waals surface area contributed by atoms with E-state index in [2.05, 4.69) is 56.4 Å². The lowest BCUT2D eigenvalue weighted by Crippen LogP contribution is -2.37. The number of phosphoric ester groups is 1. The Hall–Kier alpha value is -2.29. The quantitative estimate of drug-likeness (QED) is 0.0251. The molecule has 0 aromatic carbocycles. The topological polar surface area (TPSA) is 108 Å². The maximum Gasteiger partial charge on any atom is 0.472 e. The second kappa shape index (κ2) is 30.7. The molecule has 0 fully saturated rings. The molecule has 9 nitrogen and oxygen atoms in total. The number of carbonyl (C=O) groups excluding carboxylic acids is 2. The molecular weight excluding hydrogens is 629 g/mol. The number of ether oxygens (including phenoxy) is 2. The van der Waals surface area contributed by atoms with E-state index in [9.17, 15) is 19.0 Å². The smallest absolute Gasteiger partial charge is 0.462 e. The first kappa shape index (κ1) is 45.7. The zero-order valence-corrected chi connectivity index (χ0v) is 31.6. The van der Waals surface area contributed by atoms with Crippen molar-refractivity contribution in [3.63, 3.8) is 0 Å². The van der Waals surface area contributed by atoms with E-state index in [0.29, 0.717) is 23.9 Å². The van der Waals surface area contributed by atoms with Crippen LogP contribution in [0.5, 0.6) is 0 Å². The Morgan fingerprint density at radius 1 is 0.667 bits per heavy atom. The Bertz CT molecular complexity index is 1010. The van der Waals surface area contributed by atoms with Crippen molar-refractivity contribution >= 4 is 19.8 Å². The second-order valence-corrected chi connectivity index (χ2v) is 14.3. The van der Waals surface area contributed by atoms with Gasteiger partial charge in [-0.15, -0.1) is 0 Å². The van der Waals surface area contributed by atoms with Crippen LogP contribution in [-0.2, 0) is 32.7 Å². The number of nitrogens with zero attached hydrogens (tertiary/aromatic N) is 1. The maximum atomic E-state index is 12.5. The molecule has 0 heterocycles. The Morgan fingerprint density at radius 2 is 1.23 bits per heavy atom. The molecule has 1 N–H and O–H groups in total. The number of hydrogen-bond acceptors (Lipinski definition) is 7. The van der Waals surface area contributed by atoms with Gasteiger partial charge in [-0.3, -0.25) is 18.6 Å². The molecule has 0 spiro atoms. The van der Waals surface area contributed by atoms with Gasteiger partial charge in [-0.05, 0) is 57.8 Å². The summed E-state index contributed by atoms with van der Waals surface area (Å²) in [6, 6.07) is 0. The van der Waals surface area contributed by atoms with E-state index < -0.39 is 32.5 Å². The Labute approximate surface area is 292 Å². The van der Waals surface area contributed by atoms with E-state index in [0.717, 1.165) is 38.5 Å². The normalized spacial score (nSPS) is 14.5. The van der Waals surface area contributed by atoms with Crippen LogP contribution in [0.1, 0.15) is 117 Å². The van der Waals surface area contributed by atoms with Gasteiger partial charge < -0.3 is 18.9 Å². The summed E-state index contributed by atoms with van der Waals surface area (Å²) < 4.78 is 33.9. The molecule has 0 aliphatic heterocycles. The first-order chi connectivity index (χ1) is 23.0. The van der Waals surface area contributed by atoms with Crippen LogP contribution in [0.25, 0.3) is 0 Å². The number of allylic oxidation sites excluding steroid dienone is 10. The van der Waals surface area contributed by atoms with Gasteiger partial charge >= 0.3 is 19.8 Å². The molecule has 0 amide bonds. The van der Waals surface area contributed by atoms with Crippen LogP contribution in [0.2, 0.25) is 0 Å².